The molecule has 2 heterocycles. The summed E-state index contributed by atoms with van der Waals surface area (Å²) in [7, 11) is 2.11. The summed E-state index contributed by atoms with van der Waals surface area (Å²) in [6.45, 7) is 15.9. The van der Waals surface area contributed by atoms with Crippen LogP contribution >= 0.6 is 0 Å². The summed E-state index contributed by atoms with van der Waals surface area (Å²) in [5, 5.41) is 0. The number of amidine groups is 1. The van der Waals surface area contributed by atoms with Crippen molar-refractivity contribution in [2.24, 2.45) is 21.6 Å². The Bertz CT molecular complexity index is 940. The second-order valence-corrected chi connectivity index (χ2v) is 7.72. The maximum atomic E-state index is 12.6. The lowest BCUT2D eigenvalue weighted by molar-refractivity contribution is 0.0503. The molecule has 0 radical (unpaired) electrons. The highest BCUT2D eigenvalue weighted by molar-refractivity contribution is 6.08. The number of nitrogens with two attached hydrogens (primary N) is 1. The first kappa shape index (κ1) is 29.7. The van der Waals surface area contributed by atoms with Gasteiger partial charge in [-0.1, -0.05) is 75.9 Å². The number of ether oxygens (including phenoxy) is 2. The molecular formula is C28H40N4O3. The van der Waals surface area contributed by atoms with Crippen LogP contribution in [0.3, 0.4) is 0 Å². The summed E-state index contributed by atoms with van der Waals surface area (Å²) in [6.07, 6.45) is 8.22. The monoisotopic (exact) mass is 480 g/mol. The third-order valence-electron chi connectivity index (χ3n) is 5.16. The quantitative estimate of drug-likeness (QED) is 0.208. The van der Waals surface area contributed by atoms with Gasteiger partial charge in [0.15, 0.2) is 11.6 Å². The number of Topliss-reactive ketones (excluding diaryl/α,β-unsaturated/α-hetero) is 1. The molecule has 3 rings (SSSR count). The Morgan fingerprint density at radius 1 is 1.23 bits per heavy atom. The Morgan fingerprint density at radius 3 is 2.43 bits per heavy atom. The van der Waals surface area contributed by atoms with E-state index in [0.29, 0.717) is 22.7 Å². The number of likely N-dealkylation sites (N-methyl/N-ethyl adjacent to an activating group) is 1. The van der Waals surface area contributed by atoms with E-state index in [2.05, 4.69) is 28.5 Å². The number of nitrogens with zero attached hydrogens (tertiary/aromatic N) is 3. The number of carbonyl (C=O) groups is 1. The molecule has 7 nitrogen and oxygen atoms in total. The lowest BCUT2D eigenvalue weighted by Gasteiger charge is -2.21. The number of rotatable bonds is 6. The number of aliphatic imine (C=N–C) groups is 2. The predicted molar refractivity (Wildman–Crippen MR) is 146 cm³/mol. The maximum absolute atomic E-state index is 12.6. The molecule has 2 N–H and O–H groups in total. The van der Waals surface area contributed by atoms with Gasteiger partial charge in [-0.15, -0.1) is 0 Å². The highest BCUT2D eigenvalue weighted by atomic mass is 16.5. The van der Waals surface area contributed by atoms with Crippen molar-refractivity contribution >= 4 is 18.0 Å². The predicted octanol–water partition coefficient (Wildman–Crippen LogP) is 4.80. The van der Waals surface area contributed by atoms with Crippen LogP contribution in [0.1, 0.15) is 38.1 Å². The SMILES string of the molecule is C=C/C=C(\C=C(/C)C(=O)c1ccccc1)C(C)C1=COCC(N=CN)=N1.CC.CN1CCOCC1. The van der Waals surface area contributed by atoms with Gasteiger partial charge in [0, 0.05) is 24.6 Å². The van der Waals surface area contributed by atoms with Gasteiger partial charge in [0.25, 0.3) is 0 Å². The topological polar surface area (TPSA) is 89.5 Å². The number of allylic oxidation sites excluding steroid dienone is 5. The van der Waals surface area contributed by atoms with E-state index >= 15 is 0 Å². The zero-order valence-corrected chi connectivity index (χ0v) is 21.7. The molecule has 1 unspecified atom stereocenters. The number of hydrogen-bond donors (Lipinski definition) is 1. The molecule has 2 aliphatic heterocycles. The summed E-state index contributed by atoms with van der Waals surface area (Å²) < 4.78 is 10.5. The van der Waals surface area contributed by atoms with Crippen LogP contribution in [-0.2, 0) is 9.47 Å². The van der Waals surface area contributed by atoms with Crippen LogP contribution in [0, 0.1) is 5.92 Å². The van der Waals surface area contributed by atoms with E-state index in [-0.39, 0.29) is 18.3 Å². The van der Waals surface area contributed by atoms with Gasteiger partial charge in [-0.05, 0) is 25.1 Å². The van der Waals surface area contributed by atoms with Crippen LogP contribution < -0.4 is 5.73 Å². The summed E-state index contributed by atoms with van der Waals surface area (Å²) in [5.74, 6) is 0.393. The van der Waals surface area contributed by atoms with Crippen molar-refractivity contribution in [2.75, 3.05) is 40.0 Å². The van der Waals surface area contributed by atoms with Gasteiger partial charge >= 0.3 is 0 Å². The smallest absolute Gasteiger partial charge is 0.188 e. The molecule has 190 valence electrons. The van der Waals surface area contributed by atoms with Crippen LogP contribution in [0.4, 0.5) is 0 Å². The number of hydrogen-bond acceptors (Lipinski definition) is 6. The van der Waals surface area contributed by atoms with E-state index in [1.807, 2.05) is 51.1 Å². The highest BCUT2D eigenvalue weighted by Gasteiger charge is 2.18. The highest BCUT2D eigenvalue weighted by Crippen LogP contribution is 2.26. The molecule has 0 saturated carbocycles. The average molecular weight is 481 g/mol. The van der Waals surface area contributed by atoms with Crippen LogP contribution in [0.25, 0.3) is 0 Å². The molecule has 1 aromatic carbocycles. The van der Waals surface area contributed by atoms with Gasteiger partial charge in [0.2, 0.25) is 0 Å². The van der Waals surface area contributed by atoms with Crippen LogP contribution in [-0.4, -0.2) is 62.8 Å². The first-order chi connectivity index (χ1) is 17.0. The number of ketones is 1. The van der Waals surface area contributed by atoms with Crippen molar-refractivity contribution in [2.45, 2.75) is 27.7 Å². The van der Waals surface area contributed by atoms with E-state index in [4.69, 9.17) is 15.2 Å². The molecular weight excluding hydrogens is 440 g/mol. The molecule has 0 bridgehead atoms. The summed E-state index contributed by atoms with van der Waals surface area (Å²) in [5.41, 5.74) is 8.23. The molecule has 35 heavy (non-hydrogen) atoms. The van der Waals surface area contributed by atoms with Crippen molar-refractivity contribution in [3.8, 4) is 0 Å². The normalized spacial score (nSPS) is 17.5. The lowest BCUT2D eigenvalue weighted by Crippen LogP contribution is -2.32. The third-order valence-corrected chi connectivity index (χ3v) is 5.16. The van der Waals surface area contributed by atoms with E-state index in [9.17, 15) is 4.79 Å². The van der Waals surface area contributed by atoms with Crippen molar-refractivity contribution in [1.29, 1.82) is 0 Å². The molecule has 0 spiro atoms. The fourth-order valence-electron chi connectivity index (χ4n) is 3.17. The molecule has 1 atom stereocenters. The van der Waals surface area contributed by atoms with Crippen LogP contribution in [0.15, 0.2) is 88.2 Å². The van der Waals surface area contributed by atoms with E-state index in [0.717, 1.165) is 31.9 Å². The van der Waals surface area contributed by atoms with E-state index in [1.54, 1.807) is 31.4 Å². The maximum Gasteiger partial charge on any atom is 0.188 e. The first-order valence-electron chi connectivity index (χ1n) is 12.0. The van der Waals surface area contributed by atoms with Gasteiger partial charge in [0.1, 0.15) is 12.9 Å². The van der Waals surface area contributed by atoms with Gasteiger partial charge in [-0.3, -0.25) is 4.79 Å². The lowest BCUT2D eigenvalue weighted by atomic mass is 9.93. The molecule has 7 heteroatoms. The third kappa shape index (κ3) is 10.7. The number of benzene rings is 1. The van der Waals surface area contributed by atoms with E-state index in [1.165, 1.54) is 6.34 Å². The molecule has 0 aliphatic carbocycles. The molecule has 0 aromatic heterocycles. The van der Waals surface area contributed by atoms with Crippen LogP contribution in [0.2, 0.25) is 0 Å². The molecule has 1 fully saturated rings. The van der Waals surface area contributed by atoms with Crippen molar-refractivity contribution < 1.29 is 14.3 Å². The second kappa shape index (κ2) is 17.2. The largest absolute Gasteiger partial charge is 0.491 e. The zero-order chi connectivity index (χ0) is 26.1. The second-order valence-electron chi connectivity index (χ2n) is 7.72. The fraction of sp³-hybridized carbons (Fsp3) is 0.393. The van der Waals surface area contributed by atoms with Gasteiger partial charge in [0.05, 0.1) is 25.2 Å². The fourth-order valence-corrected chi connectivity index (χ4v) is 3.17. The van der Waals surface area contributed by atoms with Gasteiger partial charge in [-0.2, -0.15) is 0 Å². The minimum Gasteiger partial charge on any atom is -0.491 e. The van der Waals surface area contributed by atoms with Crippen molar-refractivity contribution in [1.82, 2.24) is 4.90 Å². The number of carbonyl (C=O) groups excluding carboxylic acids is 1. The molecule has 1 saturated heterocycles. The minimum atomic E-state index is -0.102. The molecule has 0 amide bonds. The summed E-state index contributed by atoms with van der Waals surface area (Å²) >= 11 is 0. The first-order valence-corrected chi connectivity index (χ1v) is 12.0. The summed E-state index contributed by atoms with van der Waals surface area (Å²) in [6, 6.07) is 9.19. The average Bonchev–Trinajstić information content (AvgIpc) is 2.90. The minimum absolute atomic E-state index is 0.0152. The Morgan fingerprint density at radius 2 is 1.89 bits per heavy atom. The standard InChI is InChI=1S/C21H23N3O2.C5H11NO.C2H6/c1-4-8-18(11-15(2)21(25)17-9-6-5-7-10-17)16(3)19-12-26-13-20(24-19)23-14-22;1-6-2-4-7-5-3-6;1-2/h4-12,14,16H,1,13H2,2-3H3,(H2,22,23,24);2-5H2,1H3;1-2H3/b15-11+,18-8+;;. The van der Waals surface area contributed by atoms with Gasteiger partial charge in [-0.25, -0.2) is 9.98 Å². The molecule has 1 aromatic rings. The Balaban J connectivity index is 0.000000574. The van der Waals surface area contributed by atoms with Crippen molar-refractivity contribution in [3.63, 3.8) is 0 Å². The van der Waals surface area contributed by atoms with Gasteiger partial charge < -0.3 is 20.1 Å². The Labute approximate surface area is 210 Å². The Hall–Kier alpha value is -3.29. The van der Waals surface area contributed by atoms with E-state index < -0.39 is 0 Å². The number of morpholine rings is 1. The van der Waals surface area contributed by atoms with Crippen LogP contribution in [0.5, 0.6) is 0 Å². The Kier molecular flexibility index (Phi) is 14.6. The zero-order valence-electron chi connectivity index (χ0n) is 21.7. The van der Waals surface area contributed by atoms with Crippen molar-refractivity contribution in [3.05, 3.63) is 83.8 Å². The summed E-state index contributed by atoms with van der Waals surface area (Å²) in [4.78, 5) is 23.3. The molecule has 2 aliphatic rings.